The molecule has 3 aromatic rings. The molecule has 1 aliphatic heterocycles. The van der Waals surface area contributed by atoms with Crippen molar-refractivity contribution in [1.29, 1.82) is 0 Å². The maximum Gasteiger partial charge on any atom is 0.119 e. The Hall–Kier alpha value is -2.62. The van der Waals surface area contributed by atoms with Crippen LogP contribution in [0.25, 0.3) is 0 Å². The van der Waals surface area contributed by atoms with Crippen molar-refractivity contribution in [2.45, 2.75) is 12.6 Å². The third-order valence-corrected chi connectivity index (χ3v) is 5.54. The zero-order chi connectivity index (χ0) is 19.2. The maximum absolute atomic E-state index is 5.36. The van der Waals surface area contributed by atoms with E-state index in [2.05, 4.69) is 88.7 Å². The Balaban J connectivity index is 1.46. The summed E-state index contributed by atoms with van der Waals surface area (Å²) in [6.07, 6.45) is 0. The summed E-state index contributed by atoms with van der Waals surface area (Å²) in [4.78, 5) is 5.16. The SMILES string of the molecule is COc1cccc(CN2CCN(C(c3ccccc3)c3ccccc3)CC2)c1. The summed E-state index contributed by atoms with van der Waals surface area (Å²) in [6.45, 7) is 5.27. The molecule has 0 spiro atoms. The van der Waals surface area contributed by atoms with Crippen molar-refractivity contribution in [3.05, 3.63) is 102 Å². The predicted octanol–water partition coefficient (Wildman–Crippen LogP) is 4.60. The molecule has 3 aromatic carbocycles. The largest absolute Gasteiger partial charge is 0.497 e. The third kappa shape index (κ3) is 4.44. The number of hydrogen-bond acceptors (Lipinski definition) is 3. The van der Waals surface area contributed by atoms with Crippen molar-refractivity contribution in [2.24, 2.45) is 0 Å². The molecular weight excluding hydrogens is 344 g/mol. The molecule has 1 saturated heterocycles. The highest BCUT2D eigenvalue weighted by Gasteiger charge is 2.26. The topological polar surface area (TPSA) is 15.7 Å². The van der Waals surface area contributed by atoms with Crippen molar-refractivity contribution in [1.82, 2.24) is 9.80 Å². The molecule has 1 fully saturated rings. The number of ether oxygens (including phenoxy) is 1. The van der Waals surface area contributed by atoms with Crippen molar-refractivity contribution in [3.8, 4) is 5.75 Å². The molecule has 1 heterocycles. The summed E-state index contributed by atoms with van der Waals surface area (Å²) in [6, 6.07) is 30.5. The average Bonchev–Trinajstić information content (AvgIpc) is 2.77. The lowest BCUT2D eigenvalue weighted by atomic mass is 9.96. The third-order valence-electron chi connectivity index (χ3n) is 5.54. The van der Waals surface area contributed by atoms with E-state index in [4.69, 9.17) is 4.74 Å². The van der Waals surface area contributed by atoms with Gasteiger partial charge in [0.15, 0.2) is 0 Å². The minimum Gasteiger partial charge on any atom is -0.497 e. The smallest absolute Gasteiger partial charge is 0.119 e. The van der Waals surface area contributed by atoms with Crippen LogP contribution in [0.1, 0.15) is 22.7 Å². The van der Waals surface area contributed by atoms with Crippen LogP contribution in [0.5, 0.6) is 5.75 Å². The van der Waals surface area contributed by atoms with Crippen LogP contribution in [-0.2, 0) is 6.54 Å². The average molecular weight is 373 g/mol. The Morgan fingerprint density at radius 1 is 0.750 bits per heavy atom. The molecular formula is C25H28N2O. The number of hydrogen-bond donors (Lipinski definition) is 0. The molecule has 0 aliphatic carbocycles. The fourth-order valence-corrected chi connectivity index (χ4v) is 4.09. The van der Waals surface area contributed by atoms with Gasteiger partial charge in [0.05, 0.1) is 13.2 Å². The van der Waals surface area contributed by atoms with Gasteiger partial charge >= 0.3 is 0 Å². The van der Waals surface area contributed by atoms with E-state index in [0.29, 0.717) is 6.04 Å². The highest BCUT2D eigenvalue weighted by Crippen LogP contribution is 2.29. The lowest BCUT2D eigenvalue weighted by molar-refractivity contribution is 0.105. The van der Waals surface area contributed by atoms with Crippen molar-refractivity contribution >= 4 is 0 Å². The van der Waals surface area contributed by atoms with Gasteiger partial charge in [0.2, 0.25) is 0 Å². The Labute approximate surface area is 168 Å². The number of piperazine rings is 1. The van der Waals surface area contributed by atoms with E-state index in [9.17, 15) is 0 Å². The van der Waals surface area contributed by atoms with Crippen LogP contribution in [0.2, 0.25) is 0 Å². The quantitative estimate of drug-likeness (QED) is 0.629. The second-order valence-electron chi connectivity index (χ2n) is 7.39. The van der Waals surface area contributed by atoms with Crippen LogP contribution in [0, 0.1) is 0 Å². The van der Waals surface area contributed by atoms with E-state index in [1.54, 1.807) is 7.11 Å². The second-order valence-corrected chi connectivity index (χ2v) is 7.39. The summed E-state index contributed by atoms with van der Waals surface area (Å²) >= 11 is 0. The summed E-state index contributed by atoms with van der Waals surface area (Å²) in [5.41, 5.74) is 4.06. The van der Waals surface area contributed by atoms with Crippen LogP contribution in [-0.4, -0.2) is 43.1 Å². The van der Waals surface area contributed by atoms with E-state index in [1.165, 1.54) is 16.7 Å². The van der Waals surface area contributed by atoms with Crippen LogP contribution in [0.15, 0.2) is 84.9 Å². The van der Waals surface area contributed by atoms with Crippen LogP contribution in [0.3, 0.4) is 0 Å². The van der Waals surface area contributed by atoms with Gasteiger partial charge in [0, 0.05) is 32.7 Å². The molecule has 0 bridgehead atoms. The first-order valence-corrected chi connectivity index (χ1v) is 10.0. The summed E-state index contributed by atoms with van der Waals surface area (Å²) in [5.74, 6) is 0.935. The van der Waals surface area contributed by atoms with Gasteiger partial charge in [-0.1, -0.05) is 72.8 Å². The lowest BCUT2D eigenvalue weighted by Crippen LogP contribution is -2.47. The van der Waals surface area contributed by atoms with Crippen LogP contribution >= 0.6 is 0 Å². The maximum atomic E-state index is 5.36. The van der Waals surface area contributed by atoms with E-state index < -0.39 is 0 Å². The summed E-state index contributed by atoms with van der Waals surface area (Å²) in [5, 5.41) is 0. The Morgan fingerprint density at radius 3 is 1.93 bits per heavy atom. The van der Waals surface area contributed by atoms with Gasteiger partial charge in [0.1, 0.15) is 5.75 Å². The lowest BCUT2D eigenvalue weighted by Gasteiger charge is -2.40. The molecule has 0 aromatic heterocycles. The first-order chi connectivity index (χ1) is 13.8. The van der Waals surface area contributed by atoms with Gasteiger partial charge in [-0.2, -0.15) is 0 Å². The molecule has 3 heteroatoms. The van der Waals surface area contributed by atoms with Gasteiger partial charge in [0.25, 0.3) is 0 Å². The highest BCUT2D eigenvalue weighted by molar-refractivity contribution is 5.32. The second kappa shape index (κ2) is 9.05. The predicted molar refractivity (Wildman–Crippen MR) is 115 cm³/mol. The standard InChI is InChI=1S/C25H28N2O/c1-28-24-14-8-9-21(19-24)20-26-15-17-27(18-16-26)25(22-10-4-2-5-11-22)23-12-6-3-7-13-23/h2-14,19,25H,15-18,20H2,1H3. The highest BCUT2D eigenvalue weighted by atomic mass is 16.5. The van der Waals surface area contributed by atoms with Crippen LogP contribution in [0.4, 0.5) is 0 Å². The number of nitrogens with zero attached hydrogens (tertiary/aromatic N) is 2. The summed E-state index contributed by atoms with van der Waals surface area (Å²) < 4.78 is 5.36. The van der Waals surface area contributed by atoms with E-state index >= 15 is 0 Å². The van der Waals surface area contributed by atoms with Crippen molar-refractivity contribution in [3.63, 3.8) is 0 Å². The first-order valence-electron chi connectivity index (χ1n) is 10.0. The Kier molecular flexibility index (Phi) is 6.05. The number of rotatable bonds is 6. The first kappa shape index (κ1) is 18.7. The molecule has 0 saturated carbocycles. The van der Waals surface area contributed by atoms with E-state index in [0.717, 1.165) is 38.5 Å². The van der Waals surface area contributed by atoms with Crippen LogP contribution < -0.4 is 4.74 Å². The fourth-order valence-electron chi connectivity index (χ4n) is 4.09. The van der Waals surface area contributed by atoms with E-state index in [-0.39, 0.29) is 0 Å². The van der Waals surface area contributed by atoms with Crippen molar-refractivity contribution < 1.29 is 4.74 Å². The Morgan fingerprint density at radius 2 is 1.36 bits per heavy atom. The molecule has 0 radical (unpaired) electrons. The molecule has 0 N–H and O–H groups in total. The Bertz CT molecular complexity index is 818. The minimum atomic E-state index is 0.321. The molecule has 144 valence electrons. The van der Waals surface area contributed by atoms with Gasteiger partial charge in [-0.3, -0.25) is 9.80 Å². The summed E-state index contributed by atoms with van der Waals surface area (Å²) in [7, 11) is 1.73. The van der Waals surface area contributed by atoms with Gasteiger partial charge < -0.3 is 4.74 Å². The molecule has 1 aliphatic rings. The number of benzene rings is 3. The number of methoxy groups -OCH3 is 1. The molecule has 3 nitrogen and oxygen atoms in total. The van der Waals surface area contributed by atoms with E-state index in [1.807, 2.05) is 6.07 Å². The molecule has 4 rings (SSSR count). The molecule has 0 unspecified atom stereocenters. The van der Waals surface area contributed by atoms with Gasteiger partial charge in [-0.25, -0.2) is 0 Å². The molecule has 28 heavy (non-hydrogen) atoms. The van der Waals surface area contributed by atoms with Gasteiger partial charge in [-0.15, -0.1) is 0 Å². The molecule has 0 amide bonds. The minimum absolute atomic E-state index is 0.321. The monoisotopic (exact) mass is 372 g/mol. The zero-order valence-electron chi connectivity index (χ0n) is 16.5. The van der Waals surface area contributed by atoms with Crippen molar-refractivity contribution in [2.75, 3.05) is 33.3 Å². The fraction of sp³-hybridized carbons (Fsp3) is 0.280. The van der Waals surface area contributed by atoms with Gasteiger partial charge in [-0.05, 0) is 28.8 Å². The zero-order valence-corrected chi connectivity index (χ0v) is 16.5. The normalized spacial score (nSPS) is 15.6. The molecule has 0 atom stereocenters.